The third-order valence-electron chi connectivity index (χ3n) is 4.87. The normalized spacial score (nSPS) is 20.0. The predicted octanol–water partition coefficient (Wildman–Crippen LogP) is 0.644. The SMILES string of the molecule is CO/N=C(\C(=O)N[C@@H]1C(=O)N2C(C(=O)O)=C(/C=C\c3scnc3C)CS[C@H]12)c1csc(N)n1.[KH]. The van der Waals surface area contributed by atoms with Crippen molar-refractivity contribution in [1.29, 1.82) is 0 Å². The number of nitrogens with two attached hydrogens (primary N) is 1. The van der Waals surface area contributed by atoms with Gasteiger partial charge in [-0.3, -0.25) is 14.5 Å². The first-order valence-electron chi connectivity index (χ1n) is 9.44. The number of aryl methyl sites for hydroxylation is 1. The van der Waals surface area contributed by atoms with Crippen LogP contribution in [0.25, 0.3) is 6.08 Å². The number of hydrogen-bond donors (Lipinski definition) is 3. The van der Waals surface area contributed by atoms with E-state index >= 15 is 0 Å². The molecule has 11 nitrogen and oxygen atoms in total. The number of thioether (sulfide) groups is 1. The number of aromatic nitrogens is 2. The monoisotopic (exact) mass is 546 g/mol. The number of rotatable bonds is 7. The van der Waals surface area contributed by atoms with Crippen LogP contribution in [0.5, 0.6) is 0 Å². The van der Waals surface area contributed by atoms with Gasteiger partial charge in [-0.2, -0.15) is 0 Å². The van der Waals surface area contributed by atoms with Gasteiger partial charge < -0.3 is 21.0 Å². The van der Waals surface area contributed by atoms with Crippen LogP contribution in [0, 0.1) is 6.92 Å². The fraction of sp³-hybridized carbons (Fsp3) is 0.263. The zero-order valence-corrected chi connectivity index (χ0v) is 19.8. The van der Waals surface area contributed by atoms with E-state index in [2.05, 4.69) is 20.4 Å². The maximum atomic E-state index is 12.9. The summed E-state index contributed by atoms with van der Waals surface area (Å²) in [4.78, 5) is 52.7. The van der Waals surface area contributed by atoms with Gasteiger partial charge in [0.15, 0.2) is 10.8 Å². The summed E-state index contributed by atoms with van der Waals surface area (Å²) in [5, 5.41) is 17.4. The van der Waals surface area contributed by atoms with E-state index in [0.29, 0.717) is 11.3 Å². The topological polar surface area (TPSA) is 160 Å². The van der Waals surface area contributed by atoms with Crippen LogP contribution in [0.1, 0.15) is 16.3 Å². The summed E-state index contributed by atoms with van der Waals surface area (Å²) in [6, 6.07) is -0.913. The number of thiazole rings is 2. The van der Waals surface area contributed by atoms with E-state index in [4.69, 9.17) is 10.6 Å². The van der Waals surface area contributed by atoms with Crippen LogP contribution in [0.3, 0.4) is 0 Å². The van der Waals surface area contributed by atoms with Gasteiger partial charge in [-0.05, 0) is 18.6 Å². The summed E-state index contributed by atoms with van der Waals surface area (Å²) in [5.41, 5.74) is 8.68. The molecule has 4 rings (SSSR count). The van der Waals surface area contributed by atoms with Crippen molar-refractivity contribution < 1.29 is 24.3 Å². The Balaban J connectivity index is 0.00000324. The standard InChI is InChI=1S/C19H18N6O5S3.K.H/c1-8-11(33-7-21-8)4-3-9-5-31-17-13(16(27)25(17)14(9)18(28)29)23-15(26)12(24-30-2)10-6-32-19(20)22-10;;/h3-4,6-7,13,17H,5H2,1-2H3,(H2,20,22)(H,23,26)(H,28,29);;/b4-3-,24-12-;;/t13-,17-;;/m1../s1. The van der Waals surface area contributed by atoms with Crippen LogP contribution >= 0.6 is 34.4 Å². The number of hydrogen-bond acceptors (Lipinski definition) is 11. The molecule has 34 heavy (non-hydrogen) atoms. The summed E-state index contributed by atoms with van der Waals surface area (Å²) < 4.78 is 0. The van der Waals surface area contributed by atoms with Crippen molar-refractivity contribution in [2.45, 2.75) is 18.3 Å². The molecule has 0 spiro atoms. The summed E-state index contributed by atoms with van der Waals surface area (Å²) in [6.07, 6.45) is 3.49. The summed E-state index contributed by atoms with van der Waals surface area (Å²) in [6.45, 7) is 1.86. The number of carbonyl (C=O) groups is 3. The summed E-state index contributed by atoms with van der Waals surface area (Å²) in [5.74, 6) is -2.04. The van der Waals surface area contributed by atoms with E-state index in [1.807, 2.05) is 6.92 Å². The van der Waals surface area contributed by atoms with Gasteiger partial charge in [0.2, 0.25) is 0 Å². The van der Waals surface area contributed by atoms with Gasteiger partial charge in [-0.15, -0.1) is 34.4 Å². The Labute approximate surface area is 248 Å². The molecule has 0 radical (unpaired) electrons. The molecule has 4 N–H and O–H groups in total. The Bertz CT molecular complexity index is 1220. The second-order valence-electron chi connectivity index (χ2n) is 6.87. The maximum absolute atomic E-state index is 12.9. The van der Waals surface area contributed by atoms with E-state index in [0.717, 1.165) is 21.9 Å². The molecule has 1 saturated heterocycles. The molecular formula is C19H19KN6O5S3. The van der Waals surface area contributed by atoms with Crippen molar-refractivity contribution in [2.75, 3.05) is 18.6 Å². The third-order valence-corrected chi connectivity index (χ3v) is 7.74. The number of nitrogen functional groups attached to an aromatic ring is 1. The van der Waals surface area contributed by atoms with E-state index in [9.17, 15) is 19.5 Å². The van der Waals surface area contributed by atoms with Crippen molar-refractivity contribution in [3.05, 3.63) is 44.5 Å². The van der Waals surface area contributed by atoms with E-state index in [1.165, 1.54) is 35.1 Å². The van der Waals surface area contributed by atoms with Gasteiger partial charge in [0.1, 0.15) is 29.9 Å². The molecule has 0 saturated carbocycles. The van der Waals surface area contributed by atoms with Crippen LogP contribution in [-0.4, -0.2) is 119 Å². The Kier molecular flexibility index (Phi) is 9.08. The van der Waals surface area contributed by atoms with Crippen molar-refractivity contribution in [3.8, 4) is 0 Å². The number of carboxylic acid groups (broad SMARTS) is 1. The number of anilines is 1. The number of β-lactam (4-membered cyclic amide) rings is 1. The molecule has 2 atom stereocenters. The van der Waals surface area contributed by atoms with Gasteiger partial charge in [-0.25, -0.2) is 14.8 Å². The molecule has 1 fully saturated rings. The molecule has 0 unspecified atom stereocenters. The minimum atomic E-state index is -1.21. The Morgan fingerprint density at radius 1 is 1.38 bits per heavy atom. The number of amides is 2. The fourth-order valence-electron chi connectivity index (χ4n) is 3.32. The summed E-state index contributed by atoms with van der Waals surface area (Å²) >= 11 is 3.94. The number of nitrogens with zero attached hydrogens (tertiary/aromatic N) is 4. The zero-order valence-electron chi connectivity index (χ0n) is 17.3. The molecule has 0 aromatic carbocycles. The molecule has 2 amide bonds. The molecular weight excluding hydrogens is 528 g/mol. The molecule has 0 bridgehead atoms. The van der Waals surface area contributed by atoms with E-state index < -0.39 is 29.2 Å². The average molecular weight is 547 g/mol. The second-order valence-corrected chi connectivity index (χ2v) is 9.75. The first kappa shape index (κ1) is 27.0. The second kappa shape index (κ2) is 11.4. The molecule has 2 aliphatic rings. The molecule has 2 aliphatic heterocycles. The Hall–Kier alpha value is -1.59. The molecule has 15 heteroatoms. The van der Waals surface area contributed by atoms with Gasteiger partial charge >= 0.3 is 57.4 Å². The molecule has 174 valence electrons. The van der Waals surface area contributed by atoms with Gasteiger partial charge in [-0.1, -0.05) is 11.2 Å². The number of allylic oxidation sites excluding steroid dienone is 1. The molecule has 2 aromatic rings. The third kappa shape index (κ3) is 5.30. The number of aliphatic carboxylic acids is 1. The van der Waals surface area contributed by atoms with Gasteiger partial charge in [0.05, 0.1) is 11.2 Å². The van der Waals surface area contributed by atoms with Crippen molar-refractivity contribution >= 4 is 121 Å². The molecule has 2 aromatic heterocycles. The van der Waals surface area contributed by atoms with Crippen molar-refractivity contribution in [1.82, 2.24) is 20.2 Å². The Morgan fingerprint density at radius 2 is 2.15 bits per heavy atom. The van der Waals surface area contributed by atoms with Crippen molar-refractivity contribution in [2.24, 2.45) is 5.16 Å². The minimum absolute atomic E-state index is 0. The zero-order chi connectivity index (χ0) is 23.7. The van der Waals surface area contributed by atoms with Crippen LogP contribution in [0.2, 0.25) is 0 Å². The molecule has 0 aliphatic carbocycles. The first-order chi connectivity index (χ1) is 15.8. The van der Waals surface area contributed by atoms with Crippen LogP contribution < -0.4 is 11.1 Å². The van der Waals surface area contributed by atoms with E-state index in [1.54, 1.807) is 23.0 Å². The van der Waals surface area contributed by atoms with Crippen molar-refractivity contribution in [3.63, 3.8) is 0 Å². The first-order valence-corrected chi connectivity index (χ1v) is 12.2. The van der Waals surface area contributed by atoms with Crippen LogP contribution in [0.4, 0.5) is 5.13 Å². The van der Waals surface area contributed by atoms with Crippen LogP contribution in [-0.2, 0) is 19.2 Å². The molecule has 4 heterocycles. The quantitative estimate of drug-likeness (QED) is 0.196. The van der Waals surface area contributed by atoms with Gasteiger partial charge in [0, 0.05) is 16.0 Å². The number of oxime groups is 1. The van der Waals surface area contributed by atoms with Crippen LogP contribution in [0.15, 0.2) is 33.4 Å². The number of carbonyl (C=O) groups excluding carboxylic acids is 2. The fourth-order valence-corrected chi connectivity index (χ4v) is 5.88. The predicted molar refractivity (Wildman–Crippen MR) is 133 cm³/mol. The summed E-state index contributed by atoms with van der Waals surface area (Å²) in [7, 11) is 1.28. The number of carboxylic acids is 1. The number of fused-ring (bicyclic) bond motifs is 1. The number of nitrogens with one attached hydrogen (secondary N) is 1. The van der Waals surface area contributed by atoms with E-state index in [-0.39, 0.29) is 73.6 Å². The average Bonchev–Trinajstić information content (AvgIpc) is 3.40. The Morgan fingerprint density at radius 3 is 2.74 bits per heavy atom. The van der Waals surface area contributed by atoms with Gasteiger partial charge in [0.25, 0.3) is 11.8 Å².